The first-order chi connectivity index (χ1) is 8.06. The van der Waals surface area contributed by atoms with Crippen LogP contribution in [-0.2, 0) is 0 Å². The van der Waals surface area contributed by atoms with Crippen molar-refractivity contribution in [3.8, 4) is 0 Å². The molecule has 0 spiro atoms. The third kappa shape index (κ3) is 3.78. The van der Waals surface area contributed by atoms with Crippen LogP contribution >= 0.6 is 23.4 Å². The summed E-state index contributed by atoms with van der Waals surface area (Å²) in [6.07, 6.45) is 4.34. The second kappa shape index (κ2) is 6.50. The molecule has 1 unspecified atom stereocenters. The number of nitrogens with one attached hydrogen (secondary N) is 1. The van der Waals surface area contributed by atoms with E-state index in [0.29, 0.717) is 11.9 Å². The van der Waals surface area contributed by atoms with Crippen LogP contribution in [0.4, 0.5) is 6.01 Å². The second-order valence-electron chi connectivity index (χ2n) is 4.01. The normalized spacial score (nSPS) is 13.7. The minimum atomic E-state index is -0.249. The summed E-state index contributed by atoms with van der Waals surface area (Å²) in [5.41, 5.74) is 0. The molecule has 1 heterocycles. The summed E-state index contributed by atoms with van der Waals surface area (Å²) in [4.78, 5) is 0. The van der Waals surface area contributed by atoms with E-state index in [1.54, 1.807) is 0 Å². The average molecular weight is 278 g/mol. The first-order valence-electron chi connectivity index (χ1n) is 5.83. The Balaban J connectivity index is 2.59. The average Bonchev–Trinajstić information content (AvgIpc) is 2.81. The smallest absolute Gasteiger partial charge is 0.315 e. The number of aromatic nitrogens is 2. The van der Waals surface area contributed by atoms with Gasteiger partial charge in [0.2, 0.25) is 5.89 Å². The molecule has 1 aromatic rings. The van der Waals surface area contributed by atoms with Crippen molar-refractivity contribution < 1.29 is 4.42 Å². The number of halogens is 1. The van der Waals surface area contributed by atoms with Crippen molar-refractivity contribution in [1.82, 2.24) is 10.2 Å². The van der Waals surface area contributed by atoms with Crippen molar-refractivity contribution in [2.75, 3.05) is 18.1 Å². The number of nitrogens with zero attached hydrogens (tertiary/aromatic N) is 2. The summed E-state index contributed by atoms with van der Waals surface area (Å²) in [6, 6.07) is 0.452. The van der Waals surface area contributed by atoms with Gasteiger partial charge in [-0.2, -0.15) is 11.8 Å². The molecular weight excluding hydrogens is 258 g/mol. The summed E-state index contributed by atoms with van der Waals surface area (Å²) in [5, 5.41) is 10.7. The summed E-state index contributed by atoms with van der Waals surface area (Å²) in [6.45, 7) is 7.02. The van der Waals surface area contributed by atoms with E-state index < -0.39 is 0 Å². The molecule has 1 atom stereocenters. The molecular formula is C11H20ClN3OS. The van der Waals surface area contributed by atoms with Gasteiger partial charge in [0.1, 0.15) is 5.38 Å². The van der Waals surface area contributed by atoms with Crippen molar-refractivity contribution in [1.29, 1.82) is 0 Å². The zero-order chi connectivity index (χ0) is 12.9. The highest BCUT2D eigenvalue weighted by atomic mass is 35.5. The molecule has 0 aliphatic heterocycles. The summed E-state index contributed by atoms with van der Waals surface area (Å²) >= 11 is 7.73. The molecule has 1 N–H and O–H groups in total. The Morgan fingerprint density at radius 3 is 2.47 bits per heavy atom. The highest BCUT2D eigenvalue weighted by molar-refractivity contribution is 8.00. The van der Waals surface area contributed by atoms with Crippen LogP contribution in [0.15, 0.2) is 4.42 Å². The maximum absolute atomic E-state index is 5.86. The maximum Gasteiger partial charge on any atom is 0.315 e. The summed E-state index contributed by atoms with van der Waals surface area (Å²) < 4.78 is 5.62. The Morgan fingerprint density at radius 2 is 2.06 bits per heavy atom. The topological polar surface area (TPSA) is 51.0 Å². The van der Waals surface area contributed by atoms with Gasteiger partial charge in [-0.3, -0.25) is 0 Å². The Labute approximate surface area is 112 Å². The second-order valence-corrected chi connectivity index (χ2v) is 5.94. The minimum Gasteiger partial charge on any atom is -0.407 e. The van der Waals surface area contributed by atoms with E-state index in [1.165, 1.54) is 0 Å². The lowest BCUT2D eigenvalue weighted by Crippen LogP contribution is -2.32. The lowest BCUT2D eigenvalue weighted by atomic mass is 10.0. The lowest BCUT2D eigenvalue weighted by Gasteiger charge is -2.29. The van der Waals surface area contributed by atoms with Gasteiger partial charge in [-0.1, -0.05) is 18.9 Å². The van der Waals surface area contributed by atoms with Gasteiger partial charge in [-0.15, -0.1) is 16.7 Å². The van der Waals surface area contributed by atoms with E-state index >= 15 is 0 Å². The van der Waals surface area contributed by atoms with E-state index in [9.17, 15) is 0 Å². The van der Waals surface area contributed by atoms with Gasteiger partial charge >= 0.3 is 6.01 Å². The summed E-state index contributed by atoms with van der Waals surface area (Å²) in [5.74, 6) is 0.455. The molecule has 6 heteroatoms. The Kier molecular flexibility index (Phi) is 5.59. The van der Waals surface area contributed by atoms with Crippen molar-refractivity contribution in [3.05, 3.63) is 5.89 Å². The predicted molar refractivity (Wildman–Crippen MR) is 73.9 cm³/mol. The van der Waals surface area contributed by atoms with Gasteiger partial charge in [0.15, 0.2) is 0 Å². The fourth-order valence-corrected chi connectivity index (χ4v) is 2.45. The highest BCUT2D eigenvalue weighted by Crippen LogP contribution is 2.30. The standard InChI is InChI=1S/C11H20ClN3OS/c1-5-11(6-2,17-4)7-13-10-15-14-9(16-10)8(3)12/h8H,5-7H2,1-4H3,(H,13,15). The molecule has 0 fully saturated rings. The fraction of sp³-hybridized carbons (Fsp3) is 0.818. The van der Waals surface area contributed by atoms with E-state index in [4.69, 9.17) is 16.0 Å². The van der Waals surface area contributed by atoms with Crippen LogP contribution in [-0.4, -0.2) is 27.7 Å². The number of hydrogen-bond acceptors (Lipinski definition) is 5. The van der Waals surface area contributed by atoms with Gasteiger partial charge in [-0.05, 0) is 26.0 Å². The molecule has 0 saturated heterocycles. The van der Waals surface area contributed by atoms with Crippen LogP contribution in [0.1, 0.15) is 44.9 Å². The molecule has 17 heavy (non-hydrogen) atoms. The van der Waals surface area contributed by atoms with Crippen LogP contribution in [0.2, 0.25) is 0 Å². The van der Waals surface area contributed by atoms with Crippen molar-refractivity contribution in [2.24, 2.45) is 0 Å². The summed E-state index contributed by atoms with van der Waals surface area (Å²) in [7, 11) is 0. The monoisotopic (exact) mass is 277 g/mol. The first-order valence-corrected chi connectivity index (χ1v) is 7.49. The number of anilines is 1. The van der Waals surface area contributed by atoms with Crippen LogP contribution in [0.25, 0.3) is 0 Å². The highest BCUT2D eigenvalue weighted by Gasteiger charge is 2.25. The van der Waals surface area contributed by atoms with Gasteiger partial charge < -0.3 is 9.73 Å². The molecule has 0 amide bonds. The molecule has 0 bridgehead atoms. The van der Waals surface area contributed by atoms with Crippen LogP contribution in [0.5, 0.6) is 0 Å². The molecule has 0 aliphatic carbocycles. The molecule has 1 aromatic heterocycles. The zero-order valence-corrected chi connectivity index (χ0v) is 12.4. The van der Waals surface area contributed by atoms with Crippen molar-refractivity contribution in [3.63, 3.8) is 0 Å². The number of thioether (sulfide) groups is 1. The molecule has 4 nitrogen and oxygen atoms in total. The molecule has 0 aromatic carbocycles. The van der Waals surface area contributed by atoms with Crippen molar-refractivity contribution in [2.45, 2.75) is 43.7 Å². The third-order valence-electron chi connectivity index (χ3n) is 3.06. The minimum absolute atomic E-state index is 0.223. The van der Waals surface area contributed by atoms with Crippen LogP contribution in [0.3, 0.4) is 0 Å². The Hall–Kier alpha value is -0.420. The van der Waals surface area contributed by atoms with Crippen molar-refractivity contribution >= 4 is 29.4 Å². The number of alkyl halides is 1. The Bertz CT molecular complexity index is 331. The van der Waals surface area contributed by atoms with E-state index in [1.807, 2.05) is 18.7 Å². The molecule has 98 valence electrons. The first kappa shape index (κ1) is 14.6. The van der Waals surface area contributed by atoms with Crippen LogP contribution in [0, 0.1) is 0 Å². The predicted octanol–water partition coefficient (Wildman–Crippen LogP) is 3.70. The SMILES string of the molecule is CCC(CC)(CNc1nnc(C(C)Cl)o1)SC. The molecule has 1 rings (SSSR count). The van der Waals surface area contributed by atoms with Gasteiger partial charge in [-0.25, -0.2) is 0 Å². The van der Waals surface area contributed by atoms with Gasteiger partial charge in [0.05, 0.1) is 0 Å². The zero-order valence-electron chi connectivity index (χ0n) is 10.8. The molecule has 0 aliphatic rings. The number of rotatable bonds is 7. The van der Waals surface area contributed by atoms with Gasteiger partial charge in [0.25, 0.3) is 0 Å². The molecule has 0 saturated carbocycles. The maximum atomic E-state index is 5.86. The molecule has 0 radical (unpaired) electrons. The van der Waals surface area contributed by atoms with E-state index in [-0.39, 0.29) is 10.1 Å². The van der Waals surface area contributed by atoms with Crippen LogP contribution < -0.4 is 5.32 Å². The third-order valence-corrected chi connectivity index (χ3v) is 4.84. The lowest BCUT2D eigenvalue weighted by molar-refractivity contribution is 0.496. The quantitative estimate of drug-likeness (QED) is 0.770. The van der Waals surface area contributed by atoms with E-state index in [2.05, 4.69) is 35.6 Å². The number of hydrogen-bond donors (Lipinski definition) is 1. The Morgan fingerprint density at radius 1 is 1.41 bits per heavy atom. The largest absolute Gasteiger partial charge is 0.407 e. The van der Waals surface area contributed by atoms with E-state index in [0.717, 1.165) is 19.4 Å². The van der Waals surface area contributed by atoms with Gasteiger partial charge in [0, 0.05) is 11.3 Å². The fourth-order valence-electron chi connectivity index (χ4n) is 1.56.